The highest BCUT2D eigenvalue weighted by atomic mass is 35.5. The average Bonchev–Trinajstić information content (AvgIpc) is 3.42. The number of aromatic nitrogens is 3. The molecule has 0 unspecified atom stereocenters. The van der Waals surface area contributed by atoms with Crippen molar-refractivity contribution >= 4 is 23.4 Å². The van der Waals surface area contributed by atoms with E-state index in [4.69, 9.17) is 21.1 Å². The summed E-state index contributed by atoms with van der Waals surface area (Å²) in [6.07, 6.45) is 0. The van der Waals surface area contributed by atoms with Crippen LogP contribution in [0.25, 0.3) is 28.2 Å². The Morgan fingerprint density at radius 1 is 0.816 bits per heavy atom. The summed E-state index contributed by atoms with van der Waals surface area (Å²) in [6.45, 7) is -0.437. The molecule has 188 valence electrons. The van der Waals surface area contributed by atoms with Crippen LogP contribution in [0.2, 0.25) is 5.02 Å². The summed E-state index contributed by atoms with van der Waals surface area (Å²) >= 11 is 6.19. The van der Waals surface area contributed by atoms with E-state index in [0.29, 0.717) is 33.4 Å². The number of Topliss-reactive ketones (excluding diaryl/α,β-unsaturated/α-hetero) is 1. The minimum atomic E-state index is -0.810. The van der Waals surface area contributed by atoms with Gasteiger partial charge >= 0.3 is 5.97 Å². The molecule has 1 aromatic heterocycles. The van der Waals surface area contributed by atoms with Gasteiger partial charge in [0.15, 0.2) is 18.2 Å². The van der Waals surface area contributed by atoms with Gasteiger partial charge in [0.05, 0.1) is 12.8 Å². The van der Waals surface area contributed by atoms with E-state index >= 15 is 0 Å². The summed E-state index contributed by atoms with van der Waals surface area (Å²) in [5.74, 6) is -0.249. The van der Waals surface area contributed by atoms with Gasteiger partial charge in [-0.15, -0.1) is 5.10 Å². The average molecular weight is 524 g/mol. The zero-order chi connectivity index (χ0) is 26.5. The predicted molar refractivity (Wildman–Crippen MR) is 145 cm³/mol. The minimum absolute atomic E-state index is 0.178. The number of rotatable bonds is 8. The van der Waals surface area contributed by atoms with Crippen molar-refractivity contribution in [2.75, 3.05) is 13.7 Å². The largest absolute Gasteiger partial charge is 0.497 e. The number of benzene rings is 4. The summed E-state index contributed by atoms with van der Waals surface area (Å²) < 4.78 is 12.0. The van der Waals surface area contributed by atoms with E-state index in [1.165, 1.54) is 4.68 Å². The molecule has 0 N–H and O–H groups in total. The summed E-state index contributed by atoms with van der Waals surface area (Å²) in [5.41, 5.74) is 3.79. The SMILES string of the molecule is COc1ccc(-n2nc(C(=O)OCC(=O)c3ccc(-c4ccccc4)cc3)nc2-c2cccc(Cl)c2)cc1. The van der Waals surface area contributed by atoms with Crippen molar-refractivity contribution in [1.29, 1.82) is 0 Å². The van der Waals surface area contributed by atoms with Crippen molar-refractivity contribution in [2.24, 2.45) is 0 Å². The van der Waals surface area contributed by atoms with Gasteiger partial charge in [-0.1, -0.05) is 78.3 Å². The molecule has 0 spiro atoms. The van der Waals surface area contributed by atoms with E-state index in [-0.39, 0.29) is 11.6 Å². The molecule has 0 amide bonds. The van der Waals surface area contributed by atoms with Crippen molar-refractivity contribution in [3.63, 3.8) is 0 Å². The molecule has 0 saturated carbocycles. The number of hydrogen-bond acceptors (Lipinski definition) is 6. The molecule has 7 nitrogen and oxygen atoms in total. The Kier molecular flexibility index (Phi) is 7.28. The van der Waals surface area contributed by atoms with Gasteiger partial charge in [0.1, 0.15) is 5.75 Å². The van der Waals surface area contributed by atoms with Crippen LogP contribution >= 0.6 is 11.6 Å². The fourth-order valence-corrected chi connectivity index (χ4v) is 4.06. The number of methoxy groups -OCH3 is 1. The van der Waals surface area contributed by atoms with Gasteiger partial charge in [-0.3, -0.25) is 4.79 Å². The second-order valence-electron chi connectivity index (χ2n) is 8.32. The number of ether oxygens (including phenoxy) is 2. The Labute approximate surface area is 224 Å². The Hall–Kier alpha value is -4.75. The van der Waals surface area contributed by atoms with Gasteiger partial charge in [-0.05, 0) is 47.5 Å². The predicted octanol–water partition coefficient (Wildman–Crippen LogP) is 6.30. The number of nitrogens with zero attached hydrogens (tertiary/aromatic N) is 3. The van der Waals surface area contributed by atoms with Gasteiger partial charge < -0.3 is 9.47 Å². The highest BCUT2D eigenvalue weighted by molar-refractivity contribution is 6.30. The fourth-order valence-electron chi connectivity index (χ4n) is 3.87. The summed E-state index contributed by atoms with van der Waals surface area (Å²) in [4.78, 5) is 30.0. The molecular formula is C30H22ClN3O4. The quantitative estimate of drug-likeness (QED) is 0.175. The van der Waals surface area contributed by atoms with Crippen LogP contribution < -0.4 is 4.74 Å². The smallest absolute Gasteiger partial charge is 0.378 e. The van der Waals surface area contributed by atoms with Crippen LogP contribution in [-0.4, -0.2) is 40.2 Å². The lowest BCUT2D eigenvalue weighted by atomic mass is 10.0. The van der Waals surface area contributed by atoms with Gasteiger partial charge in [-0.2, -0.15) is 0 Å². The van der Waals surface area contributed by atoms with Gasteiger partial charge in [-0.25, -0.2) is 14.5 Å². The summed E-state index contributed by atoms with van der Waals surface area (Å²) in [7, 11) is 1.58. The van der Waals surface area contributed by atoms with Crippen molar-refractivity contribution < 1.29 is 19.1 Å². The lowest BCUT2D eigenvalue weighted by Gasteiger charge is -2.07. The maximum absolute atomic E-state index is 12.9. The van der Waals surface area contributed by atoms with Gasteiger partial charge in [0.2, 0.25) is 0 Å². The third kappa shape index (κ3) is 5.48. The lowest BCUT2D eigenvalue weighted by Crippen LogP contribution is -2.15. The fraction of sp³-hybridized carbons (Fsp3) is 0.0667. The zero-order valence-corrected chi connectivity index (χ0v) is 21.1. The molecular weight excluding hydrogens is 502 g/mol. The first-order valence-electron chi connectivity index (χ1n) is 11.7. The highest BCUT2D eigenvalue weighted by Gasteiger charge is 2.21. The maximum atomic E-state index is 12.9. The topological polar surface area (TPSA) is 83.3 Å². The van der Waals surface area contributed by atoms with Crippen LogP contribution in [0.4, 0.5) is 0 Å². The van der Waals surface area contributed by atoms with Gasteiger partial charge in [0.25, 0.3) is 5.82 Å². The van der Waals surface area contributed by atoms with Crippen molar-refractivity contribution in [1.82, 2.24) is 14.8 Å². The van der Waals surface area contributed by atoms with Crippen molar-refractivity contribution in [3.05, 3.63) is 120 Å². The Balaban J connectivity index is 1.35. The molecule has 38 heavy (non-hydrogen) atoms. The summed E-state index contributed by atoms with van der Waals surface area (Å²) in [5, 5.41) is 4.89. The number of hydrogen-bond donors (Lipinski definition) is 0. The normalized spacial score (nSPS) is 10.7. The first-order valence-corrected chi connectivity index (χ1v) is 12.1. The number of carbonyl (C=O) groups excluding carboxylic acids is 2. The van der Waals surface area contributed by atoms with Crippen LogP contribution in [0, 0.1) is 0 Å². The second kappa shape index (κ2) is 11.1. The summed E-state index contributed by atoms with van der Waals surface area (Å²) in [6, 6.07) is 31.2. The van der Waals surface area contributed by atoms with Crippen LogP contribution in [0.1, 0.15) is 21.0 Å². The molecule has 0 atom stereocenters. The highest BCUT2D eigenvalue weighted by Crippen LogP contribution is 2.25. The monoisotopic (exact) mass is 523 g/mol. The number of halogens is 1. The number of carbonyl (C=O) groups is 2. The molecule has 4 aromatic carbocycles. The molecule has 5 aromatic rings. The third-order valence-electron chi connectivity index (χ3n) is 5.84. The van der Waals surface area contributed by atoms with E-state index in [1.807, 2.05) is 48.5 Å². The van der Waals surface area contributed by atoms with Crippen LogP contribution in [0.5, 0.6) is 5.75 Å². The number of esters is 1. The van der Waals surface area contributed by atoms with E-state index in [9.17, 15) is 9.59 Å². The molecule has 0 aliphatic carbocycles. The standard InChI is InChI=1S/C30H22ClN3O4/c1-37-26-16-14-25(15-17-26)34-29(23-8-5-9-24(31)18-23)32-28(33-34)30(36)38-19-27(35)22-12-10-21(11-13-22)20-6-3-2-4-7-20/h2-18H,19H2,1H3. The molecule has 8 heteroatoms. The van der Waals surface area contributed by atoms with Crippen LogP contribution in [-0.2, 0) is 4.74 Å². The van der Waals surface area contributed by atoms with E-state index in [1.54, 1.807) is 61.7 Å². The van der Waals surface area contributed by atoms with Crippen LogP contribution in [0.3, 0.4) is 0 Å². The third-order valence-corrected chi connectivity index (χ3v) is 6.07. The molecule has 0 saturated heterocycles. The van der Waals surface area contributed by atoms with E-state index in [0.717, 1.165) is 11.1 Å². The molecule has 0 bridgehead atoms. The molecule has 0 radical (unpaired) electrons. The van der Waals surface area contributed by atoms with E-state index < -0.39 is 12.6 Å². The molecule has 0 aliphatic heterocycles. The molecule has 1 heterocycles. The van der Waals surface area contributed by atoms with Crippen molar-refractivity contribution in [3.8, 4) is 34.0 Å². The van der Waals surface area contributed by atoms with E-state index in [2.05, 4.69) is 10.1 Å². The van der Waals surface area contributed by atoms with Gasteiger partial charge in [0, 0.05) is 16.1 Å². The maximum Gasteiger partial charge on any atom is 0.378 e. The number of ketones is 1. The Morgan fingerprint density at radius 2 is 1.50 bits per heavy atom. The molecule has 5 rings (SSSR count). The lowest BCUT2D eigenvalue weighted by molar-refractivity contribution is 0.0462. The van der Waals surface area contributed by atoms with Crippen molar-refractivity contribution in [2.45, 2.75) is 0 Å². The first kappa shape index (κ1) is 24.9. The molecule has 0 fully saturated rings. The Bertz CT molecular complexity index is 1580. The van der Waals surface area contributed by atoms with Crippen LogP contribution in [0.15, 0.2) is 103 Å². The second-order valence-corrected chi connectivity index (χ2v) is 8.76. The first-order chi connectivity index (χ1) is 18.5. The Morgan fingerprint density at radius 3 is 2.18 bits per heavy atom. The zero-order valence-electron chi connectivity index (χ0n) is 20.4. The molecule has 0 aliphatic rings. The minimum Gasteiger partial charge on any atom is -0.497 e.